The first kappa shape index (κ1) is 23.2. The molecule has 1 unspecified atom stereocenters. The van der Waals surface area contributed by atoms with Crippen molar-refractivity contribution >= 4 is 12.4 Å². The van der Waals surface area contributed by atoms with Gasteiger partial charge in [-0.2, -0.15) is 0 Å². The molecule has 26 heavy (non-hydrogen) atoms. The first-order valence-electron chi connectivity index (χ1n) is 11.7. The van der Waals surface area contributed by atoms with E-state index in [1.54, 1.807) is 0 Å². The summed E-state index contributed by atoms with van der Waals surface area (Å²) in [5.41, 5.74) is 0. The molecule has 0 bridgehead atoms. The Labute approximate surface area is 164 Å². The molecule has 0 saturated carbocycles. The van der Waals surface area contributed by atoms with Crippen LogP contribution in [0.3, 0.4) is 0 Å². The fourth-order valence-corrected chi connectivity index (χ4v) is 3.98. The average molecular weight is 362 g/mol. The second-order valence-electron chi connectivity index (χ2n) is 8.55. The third kappa shape index (κ3) is 12.5. The maximum Gasteiger partial charge on any atom is 0.240 e. The third-order valence-corrected chi connectivity index (χ3v) is 5.86. The van der Waals surface area contributed by atoms with Gasteiger partial charge in [-0.15, -0.1) is 0 Å². The predicted molar refractivity (Wildman–Crippen MR) is 118 cm³/mol. The lowest BCUT2D eigenvalue weighted by atomic mass is 9.86. The first-order chi connectivity index (χ1) is 12.7. The standard InChI is InChI=1S/C24H45N2/c1-4-5-6-7-8-9-10-11-12-13-14-15-17-23(22(2)3)18-16-19-24-25-20-21-26-24/h20-23H,4-19H2,1-3H3/q+1. The molecular weight excluding hydrogens is 316 g/mol. The molecule has 0 fully saturated rings. The Hall–Kier alpha value is -0.790. The van der Waals surface area contributed by atoms with Crippen molar-refractivity contribution in [1.29, 1.82) is 0 Å². The number of nitrogens with zero attached hydrogens (tertiary/aromatic N) is 2. The highest BCUT2D eigenvalue weighted by atomic mass is 15.0. The summed E-state index contributed by atoms with van der Waals surface area (Å²) in [6.45, 7) is 7.08. The summed E-state index contributed by atoms with van der Waals surface area (Å²) in [4.78, 5) is 8.56. The van der Waals surface area contributed by atoms with Crippen LogP contribution in [0.5, 0.6) is 0 Å². The molecule has 0 radical (unpaired) electrons. The van der Waals surface area contributed by atoms with Gasteiger partial charge >= 0.3 is 0 Å². The van der Waals surface area contributed by atoms with E-state index >= 15 is 0 Å². The van der Waals surface area contributed by atoms with Crippen LogP contribution in [0.1, 0.15) is 124 Å². The van der Waals surface area contributed by atoms with Gasteiger partial charge in [0, 0.05) is 0 Å². The van der Waals surface area contributed by atoms with Crippen molar-refractivity contribution in [1.82, 2.24) is 0 Å². The number of unbranched alkanes of at least 4 members (excludes halogenated alkanes) is 11. The molecule has 0 spiro atoms. The van der Waals surface area contributed by atoms with Crippen molar-refractivity contribution in [3.8, 4) is 0 Å². The molecule has 0 amide bonds. The van der Waals surface area contributed by atoms with E-state index in [-0.39, 0.29) is 0 Å². The van der Waals surface area contributed by atoms with Crippen molar-refractivity contribution < 1.29 is 0 Å². The van der Waals surface area contributed by atoms with E-state index in [1.165, 1.54) is 96.3 Å². The molecule has 1 atom stereocenters. The van der Waals surface area contributed by atoms with Crippen molar-refractivity contribution in [2.24, 2.45) is 21.8 Å². The van der Waals surface area contributed by atoms with Gasteiger partial charge in [-0.05, 0) is 24.7 Å². The minimum absolute atomic E-state index is 0.809. The molecular formula is C24H45N2+. The summed E-state index contributed by atoms with van der Waals surface area (Å²) in [6.07, 6.45) is 27.0. The maximum atomic E-state index is 4.28. The Morgan fingerprint density at radius 1 is 0.654 bits per heavy atom. The van der Waals surface area contributed by atoms with Gasteiger partial charge in [0.25, 0.3) is 0 Å². The van der Waals surface area contributed by atoms with E-state index in [4.69, 9.17) is 0 Å². The minimum atomic E-state index is 0.809. The Morgan fingerprint density at radius 3 is 1.62 bits per heavy atom. The Balaban J connectivity index is 1.90. The van der Waals surface area contributed by atoms with Crippen LogP contribution in [0, 0.1) is 18.0 Å². The van der Waals surface area contributed by atoms with E-state index in [0.29, 0.717) is 0 Å². The molecule has 1 aliphatic rings. The van der Waals surface area contributed by atoms with Crippen LogP contribution in [0.15, 0.2) is 9.98 Å². The second kappa shape index (κ2) is 16.4. The van der Waals surface area contributed by atoms with E-state index in [0.717, 1.165) is 24.4 Å². The zero-order valence-electron chi connectivity index (χ0n) is 18.0. The fraction of sp³-hybridized carbons (Fsp3) is 0.875. The maximum absolute atomic E-state index is 4.28. The zero-order valence-corrected chi connectivity index (χ0v) is 18.0. The lowest BCUT2D eigenvalue weighted by molar-refractivity contribution is 0.315. The molecule has 0 aromatic rings. The molecule has 150 valence electrons. The fourth-order valence-electron chi connectivity index (χ4n) is 3.98. The van der Waals surface area contributed by atoms with Crippen LogP contribution in [-0.4, -0.2) is 12.4 Å². The van der Waals surface area contributed by atoms with Gasteiger partial charge in [0.05, 0.1) is 6.42 Å². The SMILES string of the molecule is CCCCCCCCCCCCCCC(CCC[C+]1N=CC=N1)C(C)C. The number of aliphatic imine (C=N–C) groups is 2. The molecule has 0 N–H and O–H groups in total. The number of hydrogen-bond acceptors (Lipinski definition) is 2. The topological polar surface area (TPSA) is 24.7 Å². The summed E-state index contributed by atoms with van der Waals surface area (Å²) in [5, 5.41) is 0. The summed E-state index contributed by atoms with van der Waals surface area (Å²) in [5.74, 6) is 1.69. The smallest absolute Gasteiger partial charge is 0.0968 e. The molecule has 2 heteroatoms. The first-order valence-corrected chi connectivity index (χ1v) is 11.7. The molecule has 1 heterocycles. The van der Waals surface area contributed by atoms with E-state index < -0.39 is 0 Å². The monoisotopic (exact) mass is 361 g/mol. The molecule has 0 aromatic carbocycles. The van der Waals surface area contributed by atoms with Gasteiger partial charge in [0.15, 0.2) is 12.4 Å². The van der Waals surface area contributed by atoms with Crippen LogP contribution in [0.4, 0.5) is 0 Å². The van der Waals surface area contributed by atoms with Gasteiger partial charge in [-0.3, -0.25) is 0 Å². The van der Waals surface area contributed by atoms with Crippen LogP contribution in [0.2, 0.25) is 0 Å². The van der Waals surface area contributed by atoms with Gasteiger partial charge in [-0.25, -0.2) is 0 Å². The largest absolute Gasteiger partial charge is 0.240 e. The Kier molecular flexibility index (Phi) is 14.7. The molecule has 0 saturated heterocycles. The molecule has 1 aliphatic heterocycles. The average Bonchev–Trinajstić information content (AvgIpc) is 3.14. The highest BCUT2D eigenvalue weighted by Gasteiger charge is 2.18. The van der Waals surface area contributed by atoms with Crippen molar-refractivity contribution in [3.05, 3.63) is 6.17 Å². The highest BCUT2D eigenvalue weighted by molar-refractivity contribution is 6.18. The summed E-state index contributed by atoms with van der Waals surface area (Å²) in [7, 11) is 0. The van der Waals surface area contributed by atoms with Crippen LogP contribution in [-0.2, 0) is 0 Å². The molecule has 0 aliphatic carbocycles. The molecule has 1 rings (SSSR count). The van der Waals surface area contributed by atoms with E-state index in [1.807, 2.05) is 12.4 Å². The van der Waals surface area contributed by atoms with E-state index in [9.17, 15) is 0 Å². The van der Waals surface area contributed by atoms with Gasteiger partial charge < -0.3 is 0 Å². The van der Waals surface area contributed by atoms with Gasteiger partial charge in [0.2, 0.25) is 6.17 Å². The Bertz CT molecular complexity index is 347. The van der Waals surface area contributed by atoms with Crippen LogP contribution < -0.4 is 0 Å². The highest BCUT2D eigenvalue weighted by Crippen LogP contribution is 2.27. The van der Waals surface area contributed by atoms with Crippen molar-refractivity contribution in [3.63, 3.8) is 0 Å². The van der Waals surface area contributed by atoms with Crippen molar-refractivity contribution in [2.75, 3.05) is 0 Å². The summed E-state index contributed by atoms with van der Waals surface area (Å²) in [6, 6.07) is 0. The minimum Gasteiger partial charge on any atom is -0.0968 e. The van der Waals surface area contributed by atoms with Crippen LogP contribution in [0.25, 0.3) is 0 Å². The summed E-state index contributed by atoms with van der Waals surface area (Å²) < 4.78 is 0. The lowest BCUT2D eigenvalue weighted by Gasteiger charge is -2.20. The van der Waals surface area contributed by atoms with E-state index in [2.05, 4.69) is 30.8 Å². The van der Waals surface area contributed by atoms with Gasteiger partial charge in [-0.1, -0.05) is 114 Å². The third-order valence-electron chi connectivity index (χ3n) is 5.86. The quantitative estimate of drug-likeness (QED) is 0.174. The van der Waals surface area contributed by atoms with Gasteiger partial charge in [0.1, 0.15) is 0 Å². The summed E-state index contributed by atoms with van der Waals surface area (Å²) >= 11 is 0. The molecule has 0 aromatic heterocycles. The second-order valence-corrected chi connectivity index (χ2v) is 8.55. The normalized spacial score (nSPS) is 14.7. The van der Waals surface area contributed by atoms with Crippen LogP contribution >= 0.6 is 0 Å². The zero-order chi connectivity index (χ0) is 18.9. The lowest BCUT2D eigenvalue weighted by Crippen LogP contribution is -2.09. The Morgan fingerprint density at radius 2 is 1.12 bits per heavy atom. The molecule has 2 nitrogen and oxygen atoms in total. The predicted octanol–water partition coefficient (Wildman–Crippen LogP) is 8.16. The number of hydrogen-bond donors (Lipinski definition) is 0. The van der Waals surface area contributed by atoms with Crippen molar-refractivity contribution in [2.45, 2.75) is 124 Å². The number of rotatable bonds is 18.